The van der Waals surface area contributed by atoms with E-state index in [2.05, 4.69) is 9.88 Å². The smallest absolute Gasteiger partial charge is 0.259 e. The summed E-state index contributed by atoms with van der Waals surface area (Å²) in [6, 6.07) is 1.32. The molecule has 2 heterocycles. The molecule has 1 aliphatic rings. The van der Waals surface area contributed by atoms with E-state index in [1.807, 2.05) is 12.3 Å². The fourth-order valence-corrected chi connectivity index (χ4v) is 4.07. The Balaban J connectivity index is 1.76. The Morgan fingerprint density at radius 3 is 2.46 bits per heavy atom. The number of aromatic hydroxyl groups is 1. The number of piperazine rings is 1. The van der Waals surface area contributed by atoms with Crippen molar-refractivity contribution in [3.63, 3.8) is 0 Å². The van der Waals surface area contributed by atoms with E-state index < -0.39 is 0 Å². The molecular weight excluding hydrogens is 393 g/mol. The Hall–Kier alpha value is -1.21. The van der Waals surface area contributed by atoms with Crippen LogP contribution in [0.3, 0.4) is 0 Å². The van der Waals surface area contributed by atoms with Crippen molar-refractivity contribution in [2.24, 2.45) is 0 Å². The molecule has 0 unspecified atom stereocenters. The van der Waals surface area contributed by atoms with Crippen molar-refractivity contribution in [2.45, 2.75) is 6.92 Å². The molecule has 9 heteroatoms. The molecule has 24 heavy (non-hydrogen) atoms. The number of nitrogens with zero attached hydrogens (tertiary/aromatic N) is 3. The van der Waals surface area contributed by atoms with Crippen LogP contribution in [0.15, 0.2) is 11.4 Å². The first kappa shape index (κ1) is 17.6. The fraction of sp³-hybridized carbons (Fsp3) is 0.333. The first-order valence-corrected chi connectivity index (χ1v) is 9.22. The van der Waals surface area contributed by atoms with E-state index in [9.17, 15) is 9.90 Å². The second-order valence-electron chi connectivity index (χ2n) is 5.43. The maximum absolute atomic E-state index is 12.7. The number of hydrogen-bond donors (Lipinski definition) is 1. The number of thiazole rings is 1. The average molecular weight is 407 g/mol. The number of aromatic nitrogens is 1. The molecule has 0 atom stereocenters. The van der Waals surface area contributed by atoms with Gasteiger partial charge in [-0.25, -0.2) is 4.98 Å². The van der Waals surface area contributed by atoms with Crippen LogP contribution < -0.4 is 4.90 Å². The van der Waals surface area contributed by atoms with Gasteiger partial charge in [-0.1, -0.05) is 34.8 Å². The Kier molecular flexibility index (Phi) is 5.11. The van der Waals surface area contributed by atoms with Gasteiger partial charge in [-0.2, -0.15) is 0 Å². The van der Waals surface area contributed by atoms with Gasteiger partial charge in [0.2, 0.25) is 0 Å². The van der Waals surface area contributed by atoms with E-state index in [0.29, 0.717) is 26.2 Å². The third-order valence-corrected chi connectivity index (χ3v) is 5.90. The van der Waals surface area contributed by atoms with Crippen molar-refractivity contribution in [1.82, 2.24) is 9.88 Å². The first-order valence-electron chi connectivity index (χ1n) is 7.21. The van der Waals surface area contributed by atoms with Gasteiger partial charge in [0.05, 0.1) is 20.8 Å². The quantitative estimate of drug-likeness (QED) is 0.764. The number of rotatable bonds is 2. The molecule has 0 bridgehead atoms. The van der Waals surface area contributed by atoms with E-state index >= 15 is 0 Å². The number of hydrogen-bond acceptors (Lipinski definition) is 5. The van der Waals surface area contributed by atoms with Crippen LogP contribution in [0.5, 0.6) is 5.75 Å². The molecule has 1 fully saturated rings. The van der Waals surface area contributed by atoms with Crippen LogP contribution in [-0.2, 0) is 0 Å². The topological polar surface area (TPSA) is 56.7 Å². The van der Waals surface area contributed by atoms with Crippen molar-refractivity contribution < 1.29 is 9.90 Å². The third-order valence-electron chi connectivity index (χ3n) is 3.80. The summed E-state index contributed by atoms with van der Waals surface area (Å²) < 4.78 is 0. The lowest BCUT2D eigenvalue weighted by Crippen LogP contribution is -2.48. The second kappa shape index (κ2) is 6.96. The second-order valence-corrected chi connectivity index (χ2v) is 7.46. The summed E-state index contributed by atoms with van der Waals surface area (Å²) in [5.74, 6) is -0.717. The molecule has 0 spiro atoms. The molecule has 2 aromatic rings. The standard InChI is InChI=1S/C15H14Cl3N3O2S/c1-8-7-24-15(19-8)21-4-2-20(3-5-21)14(23)11-12(18)9(16)6-10(17)13(11)22/h6-7,22H,2-5H2,1H3. The van der Waals surface area contributed by atoms with Crippen molar-refractivity contribution in [2.75, 3.05) is 31.1 Å². The number of carbonyl (C=O) groups is 1. The third kappa shape index (κ3) is 3.28. The zero-order valence-electron chi connectivity index (χ0n) is 12.7. The predicted molar refractivity (Wildman–Crippen MR) is 98.1 cm³/mol. The lowest BCUT2D eigenvalue weighted by Gasteiger charge is -2.34. The van der Waals surface area contributed by atoms with Gasteiger partial charge in [-0.15, -0.1) is 11.3 Å². The number of halogens is 3. The molecule has 0 saturated carbocycles. The molecule has 1 saturated heterocycles. The van der Waals surface area contributed by atoms with Crippen molar-refractivity contribution in [1.29, 1.82) is 0 Å². The molecule has 1 amide bonds. The molecule has 0 aliphatic carbocycles. The fourth-order valence-electron chi connectivity index (χ4n) is 2.53. The summed E-state index contributed by atoms with van der Waals surface area (Å²) in [4.78, 5) is 20.9. The van der Waals surface area contributed by atoms with E-state index in [1.165, 1.54) is 6.07 Å². The summed E-state index contributed by atoms with van der Waals surface area (Å²) in [5, 5.41) is 13.2. The Labute approximate surface area is 158 Å². The molecule has 1 aromatic heterocycles. The monoisotopic (exact) mass is 405 g/mol. The molecule has 5 nitrogen and oxygen atoms in total. The highest BCUT2D eigenvalue weighted by Crippen LogP contribution is 2.39. The van der Waals surface area contributed by atoms with Gasteiger partial charge in [-0.05, 0) is 13.0 Å². The maximum Gasteiger partial charge on any atom is 0.259 e. The number of aryl methyl sites for hydroxylation is 1. The number of amides is 1. The minimum absolute atomic E-state index is 0.00430. The van der Waals surface area contributed by atoms with Crippen molar-refractivity contribution in [3.05, 3.63) is 37.8 Å². The molecule has 1 aromatic carbocycles. The van der Waals surface area contributed by atoms with Crippen LogP contribution >= 0.6 is 46.1 Å². The molecule has 3 rings (SSSR count). The van der Waals surface area contributed by atoms with Gasteiger partial charge >= 0.3 is 0 Å². The van der Waals surface area contributed by atoms with Gasteiger partial charge in [0.1, 0.15) is 11.3 Å². The normalized spacial score (nSPS) is 15.0. The maximum atomic E-state index is 12.7. The summed E-state index contributed by atoms with van der Waals surface area (Å²) in [7, 11) is 0. The van der Waals surface area contributed by atoms with Crippen molar-refractivity contribution in [3.8, 4) is 5.75 Å². The average Bonchev–Trinajstić information content (AvgIpc) is 3.00. The largest absolute Gasteiger partial charge is 0.505 e. The summed E-state index contributed by atoms with van der Waals surface area (Å²) in [5.41, 5.74) is 0.937. The summed E-state index contributed by atoms with van der Waals surface area (Å²) in [6.07, 6.45) is 0. The Bertz CT molecular complexity index is 762. The van der Waals surface area contributed by atoms with E-state index in [0.717, 1.165) is 10.8 Å². The predicted octanol–water partition coefficient (Wildman–Crippen LogP) is 4.08. The molecule has 0 radical (unpaired) electrons. The number of benzene rings is 1. The number of phenolic OH excluding ortho intramolecular Hbond substituents is 1. The van der Waals surface area contributed by atoms with Crippen LogP contribution in [0.1, 0.15) is 16.1 Å². The zero-order valence-corrected chi connectivity index (χ0v) is 15.8. The molecule has 128 valence electrons. The van der Waals surface area contributed by atoms with Gasteiger partial charge in [0.15, 0.2) is 5.13 Å². The number of phenols is 1. The van der Waals surface area contributed by atoms with Gasteiger partial charge in [0.25, 0.3) is 5.91 Å². The first-order chi connectivity index (χ1) is 11.4. The Morgan fingerprint density at radius 2 is 1.88 bits per heavy atom. The van der Waals surface area contributed by atoms with Crippen LogP contribution in [-0.4, -0.2) is 47.1 Å². The van der Waals surface area contributed by atoms with Crippen LogP contribution in [0.25, 0.3) is 0 Å². The molecule has 1 aliphatic heterocycles. The van der Waals surface area contributed by atoms with E-state index in [1.54, 1.807) is 16.2 Å². The SMILES string of the molecule is Cc1csc(N2CCN(C(=O)c3c(O)c(Cl)cc(Cl)c3Cl)CC2)n1. The van der Waals surface area contributed by atoms with Crippen molar-refractivity contribution >= 4 is 57.2 Å². The van der Waals surface area contributed by atoms with E-state index in [4.69, 9.17) is 34.8 Å². The Morgan fingerprint density at radius 1 is 1.21 bits per heavy atom. The van der Waals surface area contributed by atoms with Crippen LogP contribution in [0.4, 0.5) is 5.13 Å². The number of carbonyl (C=O) groups excluding carboxylic acids is 1. The lowest BCUT2D eigenvalue weighted by molar-refractivity contribution is 0.0744. The van der Waals surface area contributed by atoms with Crippen LogP contribution in [0, 0.1) is 6.92 Å². The highest BCUT2D eigenvalue weighted by Gasteiger charge is 2.28. The minimum Gasteiger partial charge on any atom is -0.505 e. The van der Waals surface area contributed by atoms with Gasteiger partial charge < -0.3 is 14.9 Å². The molecular formula is C15H14Cl3N3O2S. The van der Waals surface area contributed by atoms with Gasteiger partial charge in [-0.3, -0.25) is 4.79 Å². The highest BCUT2D eigenvalue weighted by molar-refractivity contribution is 7.13. The zero-order chi connectivity index (χ0) is 17.4. The summed E-state index contributed by atoms with van der Waals surface area (Å²) >= 11 is 19.5. The lowest BCUT2D eigenvalue weighted by atomic mass is 10.1. The van der Waals surface area contributed by atoms with Gasteiger partial charge in [0, 0.05) is 31.6 Å². The van der Waals surface area contributed by atoms with Crippen LogP contribution in [0.2, 0.25) is 15.1 Å². The number of anilines is 1. The minimum atomic E-state index is -0.378. The summed E-state index contributed by atoms with van der Waals surface area (Å²) in [6.45, 7) is 4.26. The van der Waals surface area contributed by atoms with E-state index in [-0.39, 0.29) is 32.3 Å². The molecule has 1 N–H and O–H groups in total. The highest BCUT2D eigenvalue weighted by atomic mass is 35.5.